The van der Waals surface area contributed by atoms with Crippen LogP contribution >= 0.6 is 11.6 Å². The molecule has 0 amide bonds. The second kappa shape index (κ2) is 7.84. The smallest absolute Gasteiger partial charge is 0.294 e. The molecule has 2 atom stereocenters. The van der Waals surface area contributed by atoms with Crippen LogP contribution < -0.4 is 10.6 Å². The lowest BCUT2D eigenvalue weighted by molar-refractivity contribution is -0.451. The summed E-state index contributed by atoms with van der Waals surface area (Å²) in [5.74, 6) is -1.77. The number of methoxy groups -OCH3 is 2. The second-order valence-corrected chi connectivity index (χ2v) is 7.09. The highest BCUT2D eigenvalue weighted by molar-refractivity contribution is 6.30. The van der Waals surface area contributed by atoms with Crippen LogP contribution in [0.4, 0.5) is 0 Å². The number of hydrogen-bond donors (Lipinski definition) is 2. The number of fused-ring (bicyclic) bond motifs is 2. The van der Waals surface area contributed by atoms with Crippen molar-refractivity contribution in [1.82, 2.24) is 10.6 Å². The molecule has 1 aliphatic carbocycles. The van der Waals surface area contributed by atoms with Crippen molar-refractivity contribution in [2.45, 2.75) is 31.1 Å². The average Bonchev–Trinajstić information content (AvgIpc) is 2.61. The van der Waals surface area contributed by atoms with Gasteiger partial charge in [0.25, 0.3) is 5.70 Å². The molecule has 1 heterocycles. The lowest BCUT2D eigenvalue weighted by Crippen LogP contribution is -2.66. The minimum absolute atomic E-state index is 0.00957. The molecule has 9 heteroatoms. The van der Waals surface area contributed by atoms with Crippen molar-refractivity contribution in [1.29, 1.82) is 0 Å². The maximum atomic E-state index is 12.1. The maximum absolute atomic E-state index is 12.1. The van der Waals surface area contributed by atoms with Gasteiger partial charge in [-0.05, 0) is 24.1 Å². The first kappa shape index (κ1) is 19.6. The Kier molecular flexibility index (Phi) is 5.69. The normalized spacial score (nSPS) is 23.7. The number of carbonyl (C=O) groups is 1. The number of ketones is 1. The molecule has 1 fully saturated rings. The first-order chi connectivity index (χ1) is 12.9. The Morgan fingerprint density at radius 2 is 2.11 bits per heavy atom. The van der Waals surface area contributed by atoms with Gasteiger partial charge in [0.15, 0.2) is 5.82 Å². The quantitative estimate of drug-likeness (QED) is 0.412. The number of nitrogens with zero attached hydrogens (tertiary/aromatic N) is 1. The van der Waals surface area contributed by atoms with Gasteiger partial charge in [-0.2, -0.15) is 0 Å². The van der Waals surface area contributed by atoms with Gasteiger partial charge in [0.1, 0.15) is 11.7 Å². The van der Waals surface area contributed by atoms with Gasteiger partial charge in [-0.1, -0.05) is 23.7 Å². The Labute approximate surface area is 162 Å². The lowest BCUT2D eigenvalue weighted by atomic mass is 9.74. The van der Waals surface area contributed by atoms with Gasteiger partial charge in [-0.3, -0.25) is 14.9 Å². The summed E-state index contributed by atoms with van der Waals surface area (Å²) in [6.07, 6.45) is 0.836. The molecule has 0 radical (unpaired) electrons. The molecular formula is C18H22ClN3O5. The first-order valence-electron chi connectivity index (χ1n) is 8.66. The lowest BCUT2D eigenvalue weighted by Gasteiger charge is -2.48. The van der Waals surface area contributed by atoms with Crippen molar-refractivity contribution in [2.75, 3.05) is 20.8 Å². The number of carbonyl (C=O) groups excluding carboxylic acids is 1. The zero-order valence-corrected chi connectivity index (χ0v) is 15.9. The molecule has 3 rings (SSSR count). The summed E-state index contributed by atoms with van der Waals surface area (Å²) in [5.41, 5.74) is 0.904. The fourth-order valence-corrected chi connectivity index (χ4v) is 4.18. The molecule has 8 nitrogen and oxygen atoms in total. The van der Waals surface area contributed by atoms with Crippen molar-refractivity contribution in [2.24, 2.45) is 5.92 Å². The van der Waals surface area contributed by atoms with Crippen LogP contribution in [0.3, 0.4) is 0 Å². The minimum Gasteiger partial charge on any atom is -0.366 e. The number of hydrogen-bond acceptors (Lipinski definition) is 7. The topological polar surface area (TPSA) is 103 Å². The van der Waals surface area contributed by atoms with E-state index >= 15 is 0 Å². The highest BCUT2D eigenvalue weighted by Crippen LogP contribution is 2.44. The molecule has 146 valence electrons. The maximum Gasteiger partial charge on any atom is 0.294 e. The molecule has 2 aliphatic rings. The molecule has 27 heavy (non-hydrogen) atoms. The number of nitrogens with one attached hydrogen (secondary N) is 2. The van der Waals surface area contributed by atoms with Gasteiger partial charge in [0.2, 0.25) is 5.79 Å². The number of halogens is 1. The first-order valence-corrected chi connectivity index (χ1v) is 9.04. The standard InChI is InChI=1S/C18H22ClN3O5/c1-26-18(27-2)14-9-13(23)10-15(18)21-17(16(14)22(24)25)20-7-6-11-4-3-5-12(19)8-11/h3-5,8,14-15,20-21H,6-7,9-10H2,1-2H3/t14-,15-/m1/s1. The molecule has 0 unspecified atom stereocenters. The fourth-order valence-electron chi connectivity index (χ4n) is 3.96. The van der Waals surface area contributed by atoms with Gasteiger partial charge in [0, 0.05) is 38.6 Å². The van der Waals surface area contributed by atoms with Crippen molar-refractivity contribution in [3.05, 3.63) is 56.5 Å². The van der Waals surface area contributed by atoms with E-state index in [1.807, 2.05) is 18.2 Å². The summed E-state index contributed by atoms with van der Waals surface area (Å²) in [5, 5.41) is 18.6. The van der Waals surface area contributed by atoms with E-state index < -0.39 is 22.7 Å². The summed E-state index contributed by atoms with van der Waals surface area (Å²) in [6, 6.07) is 6.95. The van der Waals surface area contributed by atoms with Crippen molar-refractivity contribution >= 4 is 17.4 Å². The van der Waals surface area contributed by atoms with Gasteiger partial charge in [-0.15, -0.1) is 0 Å². The number of ether oxygens (including phenoxy) is 2. The third-order valence-corrected chi connectivity index (χ3v) is 5.41. The molecule has 0 spiro atoms. The van der Waals surface area contributed by atoms with Crippen LogP contribution in [0.1, 0.15) is 18.4 Å². The van der Waals surface area contributed by atoms with E-state index in [9.17, 15) is 14.9 Å². The number of rotatable bonds is 7. The van der Waals surface area contributed by atoms with E-state index in [4.69, 9.17) is 21.1 Å². The van der Waals surface area contributed by atoms with Crippen LogP contribution in [0.2, 0.25) is 5.02 Å². The molecule has 1 aromatic rings. The van der Waals surface area contributed by atoms with Gasteiger partial charge in [0.05, 0.1) is 11.0 Å². The number of nitro groups is 1. The zero-order valence-electron chi connectivity index (χ0n) is 15.2. The van der Waals surface area contributed by atoms with Crippen LogP contribution in [0.15, 0.2) is 35.8 Å². The third kappa shape index (κ3) is 3.65. The highest BCUT2D eigenvalue weighted by atomic mass is 35.5. The van der Waals surface area contributed by atoms with Crippen molar-refractivity contribution < 1.29 is 19.2 Å². The van der Waals surface area contributed by atoms with Crippen LogP contribution in [-0.2, 0) is 20.7 Å². The molecule has 0 saturated heterocycles. The summed E-state index contributed by atoms with van der Waals surface area (Å²) in [4.78, 5) is 23.4. The van der Waals surface area contributed by atoms with E-state index in [-0.39, 0.29) is 24.3 Å². The Morgan fingerprint density at radius 3 is 2.74 bits per heavy atom. The zero-order chi connectivity index (χ0) is 19.6. The van der Waals surface area contributed by atoms with Gasteiger partial charge < -0.3 is 20.1 Å². The van der Waals surface area contributed by atoms with E-state index in [1.54, 1.807) is 6.07 Å². The van der Waals surface area contributed by atoms with Crippen LogP contribution in [0.25, 0.3) is 0 Å². The largest absolute Gasteiger partial charge is 0.366 e. The van der Waals surface area contributed by atoms with Crippen molar-refractivity contribution in [3.63, 3.8) is 0 Å². The summed E-state index contributed by atoms with van der Waals surface area (Å²) in [7, 11) is 2.88. The second-order valence-electron chi connectivity index (χ2n) is 6.65. The Hall–Kier alpha value is -2.16. The van der Waals surface area contributed by atoms with Crippen LogP contribution in [0.5, 0.6) is 0 Å². The molecular weight excluding hydrogens is 374 g/mol. The molecule has 1 aliphatic heterocycles. The summed E-state index contributed by atoms with van der Waals surface area (Å²) in [6.45, 7) is 0.473. The number of Topliss-reactive ketones (excluding diaryl/α,β-unsaturated/α-hetero) is 1. The molecule has 1 aromatic carbocycles. The monoisotopic (exact) mass is 395 g/mol. The molecule has 1 saturated carbocycles. The average molecular weight is 396 g/mol. The van der Waals surface area contributed by atoms with E-state index in [0.29, 0.717) is 23.8 Å². The Bertz CT molecular complexity index is 778. The van der Waals surface area contributed by atoms with Gasteiger partial charge >= 0.3 is 0 Å². The summed E-state index contributed by atoms with van der Waals surface area (Å²) < 4.78 is 11.1. The number of benzene rings is 1. The SMILES string of the molecule is COC1(OC)[C@@H]2CC(=O)C[C@H]1NC(NCCc1cccc(Cl)c1)=C2[N+](=O)[O-]. The Morgan fingerprint density at radius 1 is 1.37 bits per heavy atom. The molecule has 2 bridgehead atoms. The predicted octanol–water partition coefficient (Wildman–Crippen LogP) is 1.86. The highest BCUT2D eigenvalue weighted by Gasteiger charge is 2.60. The minimum atomic E-state index is -1.24. The third-order valence-electron chi connectivity index (χ3n) is 5.18. The van der Waals surface area contributed by atoms with Gasteiger partial charge in [-0.25, -0.2) is 0 Å². The van der Waals surface area contributed by atoms with Crippen LogP contribution in [-0.4, -0.2) is 43.3 Å². The molecule has 2 N–H and O–H groups in total. The predicted molar refractivity (Wildman–Crippen MR) is 98.6 cm³/mol. The summed E-state index contributed by atoms with van der Waals surface area (Å²) >= 11 is 5.99. The van der Waals surface area contributed by atoms with E-state index in [2.05, 4.69) is 10.6 Å². The van der Waals surface area contributed by atoms with Crippen molar-refractivity contribution in [3.8, 4) is 0 Å². The van der Waals surface area contributed by atoms with E-state index in [0.717, 1.165) is 5.56 Å². The fraction of sp³-hybridized carbons (Fsp3) is 0.500. The van der Waals surface area contributed by atoms with E-state index in [1.165, 1.54) is 14.2 Å². The van der Waals surface area contributed by atoms with Crippen LogP contribution in [0, 0.1) is 16.0 Å². The molecule has 0 aromatic heterocycles. The Balaban J connectivity index is 1.85.